The summed E-state index contributed by atoms with van der Waals surface area (Å²) in [6, 6.07) is 0. The van der Waals surface area contributed by atoms with E-state index in [1.807, 2.05) is 13.8 Å². The lowest BCUT2D eigenvalue weighted by Gasteiger charge is -2.60. The van der Waals surface area contributed by atoms with Crippen LogP contribution in [-0.4, -0.2) is 40.4 Å². The molecule has 4 fully saturated rings. The van der Waals surface area contributed by atoms with Gasteiger partial charge in [-0.1, -0.05) is 35.1 Å². The van der Waals surface area contributed by atoms with Crippen LogP contribution in [0.5, 0.6) is 0 Å². The Bertz CT molecular complexity index is 1160. The Morgan fingerprint density at radius 3 is 2.07 bits per heavy atom. The molecule has 1 aromatic rings. The molecular weight excluding hydrogens is 552 g/mol. The number of carbonyl (C=O) groups is 2. The molecule has 42 heavy (non-hydrogen) atoms. The number of amides is 2. The quantitative estimate of drug-likeness (QED) is 0.213. The smallest absolute Gasteiger partial charge is 0.264 e. The fraction of sp³-hybridized carbons (Fsp3) is 0.719. The van der Waals surface area contributed by atoms with Gasteiger partial charge in [-0.05, 0) is 99.2 Å². The average molecular weight is 603 g/mol. The predicted octanol–water partition coefficient (Wildman–Crippen LogP) is 7.12. The Labute approximate surface area is 248 Å². The summed E-state index contributed by atoms with van der Waals surface area (Å²) >= 11 is 0. The van der Waals surface area contributed by atoms with Gasteiger partial charge in [0.05, 0.1) is 6.10 Å². The Hall–Kier alpha value is -2.33. The highest BCUT2D eigenvalue weighted by Crippen LogP contribution is 2.65. The summed E-state index contributed by atoms with van der Waals surface area (Å²) in [5, 5.41) is 28.2. The van der Waals surface area contributed by atoms with Crippen molar-refractivity contribution >= 4 is 17.5 Å². The van der Waals surface area contributed by atoms with Crippen LogP contribution in [0.4, 0.5) is 17.6 Å². The third-order valence-corrected chi connectivity index (χ3v) is 10.6. The lowest BCUT2D eigenvalue weighted by molar-refractivity contribution is -0.122. The highest BCUT2D eigenvalue weighted by atomic mass is 19.2. The van der Waals surface area contributed by atoms with Crippen LogP contribution < -0.4 is 5.32 Å². The van der Waals surface area contributed by atoms with Gasteiger partial charge in [0.2, 0.25) is 0 Å². The Kier molecular flexibility index (Phi) is 11.9. The minimum Gasteiger partial charge on any atom is -0.393 e. The maximum Gasteiger partial charge on any atom is 0.264 e. The molecule has 4 N–H and O–H groups in total. The third-order valence-electron chi connectivity index (χ3n) is 10.6. The molecule has 0 saturated heterocycles. The molecule has 7 unspecified atom stereocenters. The van der Waals surface area contributed by atoms with E-state index in [9.17, 15) is 32.3 Å². The van der Waals surface area contributed by atoms with E-state index in [4.69, 9.17) is 10.5 Å². The van der Waals surface area contributed by atoms with Crippen molar-refractivity contribution in [2.75, 3.05) is 6.61 Å². The second kappa shape index (κ2) is 14.0. The number of halogens is 4. The molecular formula is C32H50F4N2O4. The molecule has 4 aliphatic carbocycles. The lowest BCUT2D eigenvalue weighted by atomic mass is 9.45. The van der Waals surface area contributed by atoms with Gasteiger partial charge in [-0.2, -0.15) is 0 Å². The van der Waals surface area contributed by atoms with Gasteiger partial charge in [0.25, 0.3) is 11.8 Å². The number of aliphatic hydroxyl groups excluding tert-OH is 2. The van der Waals surface area contributed by atoms with Crippen LogP contribution in [-0.2, 0) is 4.79 Å². The summed E-state index contributed by atoms with van der Waals surface area (Å²) in [7, 11) is 0. The van der Waals surface area contributed by atoms with Crippen LogP contribution in [0.3, 0.4) is 0 Å². The number of hydrogen-bond donors (Lipinski definition) is 4. The van der Waals surface area contributed by atoms with E-state index < -0.39 is 52.8 Å². The summed E-state index contributed by atoms with van der Waals surface area (Å²) in [5.41, 5.74) is -0.769. The van der Waals surface area contributed by atoms with Gasteiger partial charge in [-0.15, -0.1) is 0 Å². The van der Waals surface area contributed by atoms with Gasteiger partial charge in [-0.25, -0.2) is 17.6 Å². The molecule has 0 bridgehead atoms. The van der Waals surface area contributed by atoms with E-state index in [0.717, 1.165) is 55.6 Å². The van der Waals surface area contributed by atoms with E-state index in [0.29, 0.717) is 5.41 Å². The second-order valence-corrected chi connectivity index (χ2v) is 12.4. The largest absolute Gasteiger partial charge is 0.393 e. The summed E-state index contributed by atoms with van der Waals surface area (Å²) in [6.07, 6.45) is 10.9. The molecule has 0 heterocycles. The molecule has 5 rings (SSSR count). The zero-order chi connectivity index (χ0) is 30.9. The zero-order valence-electron chi connectivity index (χ0n) is 24.7. The molecule has 1 aromatic carbocycles. The van der Waals surface area contributed by atoms with Gasteiger partial charge in [-0.3, -0.25) is 14.9 Å². The van der Waals surface area contributed by atoms with Gasteiger partial charge in [0.15, 0.2) is 23.3 Å². The first-order valence-electron chi connectivity index (χ1n) is 14.8. The van der Waals surface area contributed by atoms with Crippen molar-refractivity contribution in [1.82, 2.24) is 5.32 Å². The second-order valence-electron chi connectivity index (χ2n) is 12.4. The van der Waals surface area contributed by atoms with Crippen molar-refractivity contribution in [3.05, 3.63) is 34.4 Å². The average Bonchev–Trinajstić information content (AvgIpc) is 3.26. The van der Waals surface area contributed by atoms with E-state index >= 15 is 0 Å². The zero-order valence-corrected chi connectivity index (χ0v) is 24.7. The van der Waals surface area contributed by atoms with Crippen molar-refractivity contribution in [3.63, 3.8) is 0 Å². The molecule has 0 radical (unpaired) electrons. The summed E-state index contributed by atoms with van der Waals surface area (Å²) in [5.74, 6) is -6.94. The van der Waals surface area contributed by atoms with E-state index in [2.05, 4.69) is 13.8 Å². The summed E-state index contributed by atoms with van der Waals surface area (Å²) in [4.78, 5) is 21.9. The monoisotopic (exact) mass is 602 g/mol. The standard InChI is InChI=1S/C19H31NO.C10H7F4NO3.C2H6.CH4.H2/c1-18-9-7-13(20)11-12(18)3-4-14-15-5-6-17(21)19(15,2)10-8-16(14)18;1-3-6(11)8(13)5(9(14)7(3)12)10(18)15-4(17)2-16;1-2;;/h12,14-17,20-21H,3-11H2,1-2H3;16H,2H2,1H3,(H,15,17,18);1-2H3;1H4;1H. The molecule has 0 spiro atoms. The Morgan fingerprint density at radius 1 is 0.929 bits per heavy atom. The molecule has 4 saturated carbocycles. The highest BCUT2D eigenvalue weighted by molar-refractivity contribution is 6.05. The summed E-state index contributed by atoms with van der Waals surface area (Å²) in [6.45, 7) is 8.59. The highest BCUT2D eigenvalue weighted by Gasteiger charge is 2.59. The van der Waals surface area contributed by atoms with Crippen LogP contribution >= 0.6 is 0 Å². The SMILES string of the molecule is C.CC.CC12CCC3C(CCC4CC(=N)CCC43C)C1CCC2O.Cc1c(F)c(F)c(C(=O)NC(=O)CO)c(F)c1F.[HH]. The number of nitrogens with one attached hydrogen (secondary N) is 2. The van der Waals surface area contributed by atoms with E-state index in [1.54, 1.807) is 0 Å². The number of aliphatic hydroxyl groups is 2. The van der Waals surface area contributed by atoms with Crippen LogP contribution in [0.15, 0.2) is 0 Å². The number of imide groups is 1. The number of rotatable bonds is 2. The molecule has 240 valence electrons. The number of hydrogen-bond acceptors (Lipinski definition) is 5. The molecule has 6 nitrogen and oxygen atoms in total. The lowest BCUT2D eigenvalue weighted by Crippen LogP contribution is -2.54. The topological polar surface area (TPSA) is 110 Å². The molecule has 4 aliphatic rings. The summed E-state index contributed by atoms with van der Waals surface area (Å²) < 4.78 is 52.8. The van der Waals surface area contributed by atoms with Crippen LogP contribution in [0.25, 0.3) is 0 Å². The Balaban J connectivity index is 0.000000395. The first kappa shape index (κ1) is 35.9. The van der Waals surface area contributed by atoms with Crippen LogP contribution in [0.1, 0.15) is 110 Å². The van der Waals surface area contributed by atoms with E-state index in [1.165, 1.54) is 43.8 Å². The van der Waals surface area contributed by atoms with Crippen molar-refractivity contribution in [1.29, 1.82) is 5.41 Å². The molecule has 0 aliphatic heterocycles. The third kappa shape index (κ3) is 6.30. The fourth-order valence-corrected chi connectivity index (χ4v) is 8.22. The molecule has 2 amide bonds. The number of benzene rings is 1. The molecule has 7 atom stereocenters. The first-order valence-corrected chi connectivity index (χ1v) is 14.8. The van der Waals surface area contributed by atoms with Gasteiger partial charge < -0.3 is 15.6 Å². The van der Waals surface area contributed by atoms with Crippen molar-refractivity contribution < 1.29 is 38.8 Å². The van der Waals surface area contributed by atoms with E-state index in [-0.39, 0.29) is 20.4 Å². The van der Waals surface area contributed by atoms with Gasteiger partial charge in [0, 0.05) is 12.7 Å². The van der Waals surface area contributed by atoms with Crippen molar-refractivity contribution in [2.45, 2.75) is 106 Å². The molecule has 10 heteroatoms. The van der Waals surface area contributed by atoms with Crippen LogP contribution in [0, 0.1) is 70.1 Å². The fourth-order valence-electron chi connectivity index (χ4n) is 8.22. The minimum atomic E-state index is -1.91. The number of fused-ring (bicyclic) bond motifs is 5. The minimum absolute atomic E-state index is 0. The van der Waals surface area contributed by atoms with Crippen LogP contribution in [0.2, 0.25) is 0 Å². The molecule has 0 aromatic heterocycles. The van der Waals surface area contributed by atoms with Gasteiger partial charge in [0.1, 0.15) is 12.2 Å². The van der Waals surface area contributed by atoms with Crippen molar-refractivity contribution in [2.24, 2.45) is 34.5 Å². The van der Waals surface area contributed by atoms with Gasteiger partial charge >= 0.3 is 0 Å². The van der Waals surface area contributed by atoms with Crippen molar-refractivity contribution in [3.8, 4) is 0 Å². The normalized spacial score (nSPS) is 32.8. The maximum absolute atomic E-state index is 13.3. The number of carbonyl (C=O) groups excluding carboxylic acids is 2. The predicted molar refractivity (Wildman–Crippen MR) is 156 cm³/mol. The first-order chi connectivity index (χ1) is 19.3. The Morgan fingerprint density at radius 2 is 1.50 bits per heavy atom. The maximum atomic E-state index is 13.3.